The molecule has 1 aliphatic heterocycles. The number of hydrogen-bond acceptors (Lipinski definition) is 4. The fourth-order valence-corrected chi connectivity index (χ4v) is 3.59. The van der Waals surface area contributed by atoms with Crippen LogP contribution in [-0.4, -0.2) is 39.0 Å². The molecular formula is C16H20N4O2. The van der Waals surface area contributed by atoms with E-state index in [1.54, 1.807) is 6.20 Å². The van der Waals surface area contributed by atoms with Crippen LogP contribution in [0.5, 0.6) is 0 Å². The highest BCUT2D eigenvalue weighted by atomic mass is 16.5. The third kappa shape index (κ3) is 2.32. The Bertz CT molecular complexity index is 662. The van der Waals surface area contributed by atoms with Crippen molar-refractivity contribution < 1.29 is 9.32 Å². The maximum absolute atomic E-state index is 12.8. The van der Waals surface area contributed by atoms with Crippen LogP contribution >= 0.6 is 0 Å². The number of rotatable bonds is 2. The average molecular weight is 300 g/mol. The lowest BCUT2D eigenvalue weighted by Gasteiger charge is -2.31. The van der Waals surface area contributed by atoms with Crippen molar-refractivity contribution in [3.63, 3.8) is 0 Å². The Labute approximate surface area is 128 Å². The first-order chi connectivity index (χ1) is 10.8. The second-order valence-electron chi connectivity index (χ2n) is 6.21. The van der Waals surface area contributed by atoms with Crippen LogP contribution in [-0.2, 0) is 12.8 Å². The van der Waals surface area contributed by atoms with E-state index in [4.69, 9.17) is 4.52 Å². The maximum Gasteiger partial charge on any atom is 0.292 e. The van der Waals surface area contributed by atoms with Crippen LogP contribution in [0.2, 0.25) is 0 Å². The molecule has 1 unspecified atom stereocenters. The van der Waals surface area contributed by atoms with E-state index in [-0.39, 0.29) is 11.8 Å². The van der Waals surface area contributed by atoms with Gasteiger partial charge < -0.3 is 14.4 Å². The molecule has 1 amide bonds. The summed E-state index contributed by atoms with van der Waals surface area (Å²) in [5.74, 6) is 1.71. The minimum absolute atomic E-state index is 0.00749. The smallest absolute Gasteiger partial charge is 0.292 e. The number of aryl methyl sites for hydroxylation is 1. The highest BCUT2D eigenvalue weighted by molar-refractivity contribution is 5.93. The Kier molecular flexibility index (Phi) is 3.44. The number of nitrogens with one attached hydrogen (secondary N) is 1. The molecule has 2 aliphatic rings. The number of carbonyl (C=O) groups is 1. The van der Waals surface area contributed by atoms with Crippen molar-refractivity contribution in [3.05, 3.63) is 35.2 Å². The van der Waals surface area contributed by atoms with E-state index in [0.717, 1.165) is 62.2 Å². The number of H-pyrrole nitrogens is 1. The van der Waals surface area contributed by atoms with Crippen molar-refractivity contribution in [1.29, 1.82) is 0 Å². The zero-order valence-corrected chi connectivity index (χ0v) is 12.5. The van der Waals surface area contributed by atoms with Crippen molar-refractivity contribution in [3.8, 4) is 0 Å². The zero-order chi connectivity index (χ0) is 14.9. The van der Waals surface area contributed by atoms with Gasteiger partial charge in [0.25, 0.3) is 5.91 Å². The van der Waals surface area contributed by atoms with Gasteiger partial charge in [-0.1, -0.05) is 5.16 Å². The number of imidazole rings is 1. The summed E-state index contributed by atoms with van der Waals surface area (Å²) in [5, 5.41) is 4.10. The largest absolute Gasteiger partial charge is 0.350 e. The number of likely N-dealkylation sites (tertiary alicyclic amines) is 1. The number of carbonyl (C=O) groups excluding carboxylic acids is 1. The molecule has 2 aromatic rings. The molecule has 1 fully saturated rings. The van der Waals surface area contributed by atoms with Crippen LogP contribution in [0.25, 0.3) is 0 Å². The zero-order valence-electron chi connectivity index (χ0n) is 12.5. The minimum atomic E-state index is -0.00749. The van der Waals surface area contributed by atoms with Crippen LogP contribution in [0.15, 0.2) is 16.9 Å². The van der Waals surface area contributed by atoms with E-state index in [1.807, 2.05) is 11.1 Å². The number of aromatic nitrogens is 3. The van der Waals surface area contributed by atoms with Crippen LogP contribution < -0.4 is 0 Å². The monoisotopic (exact) mass is 300 g/mol. The van der Waals surface area contributed by atoms with E-state index in [1.165, 1.54) is 0 Å². The number of nitrogens with zero attached hydrogens (tertiary/aromatic N) is 3. The lowest BCUT2D eigenvalue weighted by atomic mass is 9.94. The third-order valence-electron chi connectivity index (χ3n) is 4.77. The fourth-order valence-electron chi connectivity index (χ4n) is 3.59. The van der Waals surface area contributed by atoms with Gasteiger partial charge in [-0.2, -0.15) is 0 Å². The Morgan fingerprint density at radius 2 is 2.23 bits per heavy atom. The van der Waals surface area contributed by atoms with E-state index >= 15 is 0 Å². The topological polar surface area (TPSA) is 75.0 Å². The quantitative estimate of drug-likeness (QED) is 0.923. The summed E-state index contributed by atoms with van der Waals surface area (Å²) in [6.07, 6.45) is 9.75. The lowest BCUT2D eigenvalue weighted by molar-refractivity contribution is 0.0661. The number of aromatic amines is 1. The fraction of sp³-hybridized carbons (Fsp3) is 0.562. The molecule has 3 heterocycles. The Morgan fingerprint density at radius 1 is 1.32 bits per heavy atom. The molecule has 0 radical (unpaired) electrons. The highest BCUT2D eigenvalue weighted by Gasteiger charge is 2.31. The van der Waals surface area contributed by atoms with E-state index < -0.39 is 0 Å². The summed E-state index contributed by atoms with van der Waals surface area (Å²) < 4.78 is 5.39. The average Bonchev–Trinajstić information content (AvgIpc) is 3.24. The van der Waals surface area contributed by atoms with E-state index in [0.29, 0.717) is 12.3 Å². The van der Waals surface area contributed by atoms with Gasteiger partial charge in [0.2, 0.25) is 5.76 Å². The first kappa shape index (κ1) is 13.5. The summed E-state index contributed by atoms with van der Waals surface area (Å²) in [7, 11) is 0. The van der Waals surface area contributed by atoms with Crippen LogP contribution in [0.1, 0.15) is 59.2 Å². The summed E-state index contributed by atoms with van der Waals surface area (Å²) in [6.45, 7) is 1.48. The Morgan fingerprint density at radius 3 is 3.09 bits per heavy atom. The molecule has 116 valence electrons. The summed E-state index contributed by atoms with van der Waals surface area (Å²) in [6, 6.07) is 0. The minimum Gasteiger partial charge on any atom is -0.350 e. The highest BCUT2D eigenvalue weighted by Crippen LogP contribution is 2.28. The molecule has 0 spiro atoms. The summed E-state index contributed by atoms with van der Waals surface area (Å²) in [5.41, 5.74) is 2.02. The Balaban J connectivity index is 1.54. The van der Waals surface area contributed by atoms with E-state index in [9.17, 15) is 4.79 Å². The number of piperidine rings is 1. The van der Waals surface area contributed by atoms with Gasteiger partial charge in [-0.05, 0) is 38.5 Å². The van der Waals surface area contributed by atoms with Gasteiger partial charge in [0.05, 0.1) is 5.69 Å². The summed E-state index contributed by atoms with van der Waals surface area (Å²) in [4.78, 5) is 22.2. The summed E-state index contributed by atoms with van der Waals surface area (Å²) >= 11 is 0. The molecule has 0 aromatic carbocycles. The number of fused-ring (bicyclic) bond motifs is 1. The molecule has 4 rings (SSSR count). The lowest BCUT2D eigenvalue weighted by Crippen LogP contribution is -2.39. The van der Waals surface area contributed by atoms with Crippen molar-refractivity contribution in [2.45, 2.75) is 44.4 Å². The molecule has 2 aromatic heterocycles. The van der Waals surface area contributed by atoms with Gasteiger partial charge in [0, 0.05) is 37.0 Å². The van der Waals surface area contributed by atoms with Crippen molar-refractivity contribution in [2.75, 3.05) is 13.1 Å². The van der Waals surface area contributed by atoms with Gasteiger partial charge in [0.1, 0.15) is 5.82 Å². The van der Waals surface area contributed by atoms with Gasteiger partial charge in [0.15, 0.2) is 0 Å². The molecule has 22 heavy (non-hydrogen) atoms. The molecule has 1 atom stereocenters. The molecule has 0 bridgehead atoms. The third-order valence-corrected chi connectivity index (χ3v) is 4.77. The van der Waals surface area contributed by atoms with Crippen molar-refractivity contribution in [1.82, 2.24) is 20.0 Å². The first-order valence-corrected chi connectivity index (χ1v) is 8.09. The van der Waals surface area contributed by atoms with Crippen molar-refractivity contribution >= 4 is 5.91 Å². The van der Waals surface area contributed by atoms with E-state index in [2.05, 4.69) is 15.1 Å². The molecular weight excluding hydrogens is 280 g/mol. The molecule has 0 saturated carbocycles. The Hall–Kier alpha value is -2.11. The molecule has 1 aliphatic carbocycles. The second kappa shape index (κ2) is 5.59. The molecule has 1 saturated heterocycles. The van der Waals surface area contributed by atoms with Crippen LogP contribution in [0, 0.1) is 0 Å². The maximum atomic E-state index is 12.8. The van der Waals surface area contributed by atoms with Crippen LogP contribution in [0.3, 0.4) is 0 Å². The molecule has 6 nitrogen and oxygen atoms in total. The normalized spacial score (nSPS) is 21.6. The number of amides is 1. The van der Waals surface area contributed by atoms with Gasteiger partial charge in [-0.15, -0.1) is 0 Å². The first-order valence-electron chi connectivity index (χ1n) is 8.09. The molecule has 1 N–H and O–H groups in total. The number of hydrogen-bond donors (Lipinski definition) is 1. The molecule has 6 heteroatoms. The van der Waals surface area contributed by atoms with Gasteiger partial charge in [-0.3, -0.25) is 4.79 Å². The predicted molar refractivity (Wildman–Crippen MR) is 79.6 cm³/mol. The van der Waals surface area contributed by atoms with Crippen molar-refractivity contribution in [2.24, 2.45) is 0 Å². The van der Waals surface area contributed by atoms with Gasteiger partial charge in [-0.25, -0.2) is 4.98 Å². The van der Waals surface area contributed by atoms with Gasteiger partial charge >= 0.3 is 0 Å². The standard InChI is InChI=1S/C16H20N4O2/c21-16(14-12-5-1-2-6-13(12)19-22-14)20-9-3-4-11(10-20)15-17-7-8-18-15/h7-8,11H,1-6,9-10H2,(H,17,18). The SMILES string of the molecule is O=C(c1onc2c1CCCC2)N1CCCC(c2ncc[nH]2)C1. The predicted octanol–water partition coefficient (Wildman–Crippen LogP) is 2.30. The van der Waals surface area contributed by atoms with Crippen LogP contribution in [0.4, 0.5) is 0 Å². The second-order valence-corrected chi connectivity index (χ2v) is 6.21.